The molecule has 3 aliphatic rings. The smallest absolute Gasteiger partial charge is 0.325 e. The Morgan fingerprint density at radius 2 is 1.92 bits per heavy atom. The van der Waals surface area contributed by atoms with E-state index in [1.807, 2.05) is 18.2 Å². The van der Waals surface area contributed by atoms with Crippen LogP contribution in [-0.2, 0) is 11.2 Å². The van der Waals surface area contributed by atoms with Crippen LogP contribution in [0.15, 0.2) is 18.2 Å². The maximum absolute atomic E-state index is 12.0. The SMILES string of the molecule is O=C(O)C(c1cccc2c1OCC2)N1CCC(N2CCCC2)CC1. The maximum atomic E-state index is 12.0. The first-order valence-electron chi connectivity index (χ1n) is 9.19. The lowest BCUT2D eigenvalue weighted by Crippen LogP contribution is -2.46. The molecule has 1 atom stereocenters. The highest BCUT2D eigenvalue weighted by atomic mass is 16.5. The summed E-state index contributed by atoms with van der Waals surface area (Å²) in [7, 11) is 0. The molecule has 3 aliphatic heterocycles. The minimum atomic E-state index is -0.765. The predicted octanol–water partition coefficient (Wildman–Crippen LogP) is 2.31. The van der Waals surface area contributed by atoms with Gasteiger partial charge in [-0.05, 0) is 44.3 Å². The zero-order valence-corrected chi connectivity index (χ0v) is 14.1. The minimum Gasteiger partial charge on any atom is -0.493 e. The van der Waals surface area contributed by atoms with Gasteiger partial charge in [0, 0.05) is 31.1 Å². The van der Waals surface area contributed by atoms with E-state index < -0.39 is 12.0 Å². The Morgan fingerprint density at radius 1 is 1.17 bits per heavy atom. The van der Waals surface area contributed by atoms with Crippen molar-refractivity contribution in [3.63, 3.8) is 0 Å². The fourth-order valence-electron chi connectivity index (χ4n) is 4.56. The number of hydrogen-bond acceptors (Lipinski definition) is 4. The van der Waals surface area contributed by atoms with Crippen molar-refractivity contribution in [3.05, 3.63) is 29.3 Å². The van der Waals surface area contributed by atoms with Crippen LogP contribution >= 0.6 is 0 Å². The van der Waals surface area contributed by atoms with Crippen molar-refractivity contribution in [1.29, 1.82) is 0 Å². The Kier molecular flexibility index (Phi) is 4.46. The minimum absolute atomic E-state index is 0.586. The highest BCUT2D eigenvalue weighted by molar-refractivity contribution is 5.77. The zero-order chi connectivity index (χ0) is 16.5. The van der Waals surface area contributed by atoms with E-state index in [-0.39, 0.29) is 0 Å². The molecule has 4 rings (SSSR count). The first kappa shape index (κ1) is 15.9. The van der Waals surface area contributed by atoms with Crippen molar-refractivity contribution in [2.75, 3.05) is 32.8 Å². The van der Waals surface area contributed by atoms with Crippen LogP contribution in [0.2, 0.25) is 0 Å². The Morgan fingerprint density at radius 3 is 2.62 bits per heavy atom. The summed E-state index contributed by atoms with van der Waals surface area (Å²) in [5.41, 5.74) is 1.97. The number of fused-ring (bicyclic) bond motifs is 1. The summed E-state index contributed by atoms with van der Waals surface area (Å²) >= 11 is 0. The summed E-state index contributed by atoms with van der Waals surface area (Å²) < 4.78 is 5.76. The van der Waals surface area contributed by atoms with Crippen molar-refractivity contribution in [2.45, 2.75) is 44.2 Å². The molecule has 0 aromatic heterocycles. The molecule has 0 bridgehead atoms. The van der Waals surface area contributed by atoms with Gasteiger partial charge in [0.2, 0.25) is 0 Å². The number of nitrogens with zero attached hydrogens (tertiary/aromatic N) is 2. The van der Waals surface area contributed by atoms with Gasteiger partial charge in [-0.3, -0.25) is 9.69 Å². The van der Waals surface area contributed by atoms with Gasteiger partial charge in [0.15, 0.2) is 0 Å². The molecule has 1 unspecified atom stereocenters. The molecule has 24 heavy (non-hydrogen) atoms. The molecule has 0 spiro atoms. The van der Waals surface area contributed by atoms with Crippen LogP contribution in [0.25, 0.3) is 0 Å². The lowest BCUT2D eigenvalue weighted by atomic mass is 9.96. The number of carbonyl (C=O) groups is 1. The number of piperidine rings is 1. The van der Waals surface area contributed by atoms with E-state index in [0.29, 0.717) is 12.6 Å². The number of aliphatic carboxylic acids is 1. The number of rotatable bonds is 4. The van der Waals surface area contributed by atoms with Gasteiger partial charge in [-0.1, -0.05) is 18.2 Å². The Hall–Kier alpha value is -1.59. The third kappa shape index (κ3) is 2.91. The Bertz CT molecular complexity index is 605. The normalized spacial score (nSPS) is 23.8. The predicted molar refractivity (Wildman–Crippen MR) is 91.4 cm³/mol. The topological polar surface area (TPSA) is 53.0 Å². The van der Waals surface area contributed by atoms with Gasteiger partial charge in [0.25, 0.3) is 0 Å². The number of ether oxygens (including phenoxy) is 1. The van der Waals surface area contributed by atoms with Gasteiger partial charge in [-0.25, -0.2) is 0 Å². The van der Waals surface area contributed by atoms with Crippen LogP contribution in [0.3, 0.4) is 0 Å². The third-order valence-electron chi connectivity index (χ3n) is 5.79. The summed E-state index contributed by atoms with van der Waals surface area (Å²) in [6.45, 7) is 4.79. The number of hydrogen-bond donors (Lipinski definition) is 1. The number of benzene rings is 1. The number of carboxylic acid groups (broad SMARTS) is 1. The van der Waals surface area contributed by atoms with Gasteiger partial charge in [-0.2, -0.15) is 0 Å². The second-order valence-corrected chi connectivity index (χ2v) is 7.18. The van der Waals surface area contributed by atoms with Crippen molar-refractivity contribution in [1.82, 2.24) is 9.80 Å². The quantitative estimate of drug-likeness (QED) is 0.918. The van der Waals surface area contributed by atoms with Gasteiger partial charge < -0.3 is 14.7 Å². The van der Waals surface area contributed by atoms with Gasteiger partial charge in [-0.15, -0.1) is 0 Å². The van der Waals surface area contributed by atoms with Gasteiger partial charge in [0.05, 0.1) is 6.61 Å². The lowest BCUT2D eigenvalue weighted by molar-refractivity contribution is -0.144. The lowest BCUT2D eigenvalue weighted by Gasteiger charge is -2.39. The molecular weight excluding hydrogens is 304 g/mol. The summed E-state index contributed by atoms with van der Waals surface area (Å²) in [5.74, 6) is 0.0464. The second kappa shape index (κ2) is 6.73. The van der Waals surface area contributed by atoms with Crippen molar-refractivity contribution in [3.8, 4) is 5.75 Å². The molecule has 0 aliphatic carbocycles. The van der Waals surface area contributed by atoms with E-state index >= 15 is 0 Å². The third-order valence-corrected chi connectivity index (χ3v) is 5.79. The van der Waals surface area contributed by atoms with Crippen LogP contribution in [-0.4, -0.2) is 59.7 Å². The van der Waals surface area contributed by atoms with Crippen LogP contribution in [0.4, 0.5) is 0 Å². The summed E-state index contributed by atoms with van der Waals surface area (Å²) in [6.07, 6.45) is 5.64. The fraction of sp³-hybridized carbons (Fsp3) is 0.632. The van der Waals surface area contributed by atoms with Crippen molar-refractivity contribution in [2.24, 2.45) is 0 Å². The van der Waals surface area contributed by atoms with Crippen molar-refractivity contribution >= 4 is 5.97 Å². The van der Waals surface area contributed by atoms with Crippen LogP contribution in [0.1, 0.15) is 42.9 Å². The standard InChI is InChI=1S/C19H26N2O3/c22-19(23)17(16-5-3-4-14-8-13-24-18(14)16)21-11-6-15(7-12-21)20-9-1-2-10-20/h3-5,15,17H,1-2,6-13H2,(H,22,23). The van der Waals surface area contributed by atoms with E-state index in [4.69, 9.17) is 4.74 Å². The molecule has 5 heteroatoms. The highest BCUT2D eigenvalue weighted by Crippen LogP contribution is 2.37. The van der Waals surface area contributed by atoms with Crippen LogP contribution in [0.5, 0.6) is 5.75 Å². The van der Waals surface area contributed by atoms with E-state index in [1.54, 1.807) is 0 Å². The molecule has 0 radical (unpaired) electrons. The van der Waals surface area contributed by atoms with Gasteiger partial charge >= 0.3 is 5.97 Å². The average molecular weight is 330 g/mol. The molecular formula is C19H26N2O3. The van der Waals surface area contributed by atoms with Crippen LogP contribution < -0.4 is 4.74 Å². The van der Waals surface area contributed by atoms with E-state index in [0.717, 1.165) is 49.2 Å². The molecule has 1 aromatic rings. The molecule has 0 saturated carbocycles. The number of carboxylic acids is 1. The maximum Gasteiger partial charge on any atom is 0.325 e. The largest absolute Gasteiger partial charge is 0.493 e. The Labute approximate surface area is 143 Å². The van der Waals surface area contributed by atoms with E-state index in [9.17, 15) is 9.90 Å². The molecule has 3 heterocycles. The summed E-state index contributed by atoms with van der Waals surface area (Å²) in [5, 5.41) is 9.88. The molecule has 2 saturated heterocycles. The van der Waals surface area contributed by atoms with Gasteiger partial charge in [0.1, 0.15) is 11.8 Å². The zero-order valence-electron chi connectivity index (χ0n) is 14.1. The molecule has 130 valence electrons. The fourth-order valence-corrected chi connectivity index (χ4v) is 4.56. The second-order valence-electron chi connectivity index (χ2n) is 7.18. The monoisotopic (exact) mass is 330 g/mol. The molecule has 1 N–H and O–H groups in total. The van der Waals surface area contributed by atoms with E-state index in [1.165, 1.54) is 25.9 Å². The molecule has 2 fully saturated rings. The average Bonchev–Trinajstić information content (AvgIpc) is 3.27. The van der Waals surface area contributed by atoms with Crippen molar-refractivity contribution < 1.29 is 14.6 Å². The summed E-state index contributed by atoms with van der Waals surface area (Å²) in [4.78, 5) is 16.8. The first-order chi connectivity index (χ1) is 11.7. The summed E-state index contributed by atoms with van der Waals surface area (Å²) in [6, 6.07) is 5.99. The Balaban J connectivity index is 1.51. The molecule has 5 nitrogen and oxygen atoms in total. The number of likely N-dealkylation sites (tertiary alicyclic amines) is 2. The van der Waals surface area contributed by atoms with E-state index in [2.05, 4.69) is 9.80 Å². The van der Waals surface area contributed by atoms with Crippen LogP contribution in [0, 0.1) is 0 Å². The highest BCUT2D eigenvalue weighted by Gasteiger charge is 2.35. The molecule has 0 amide bonds. The number of para-hydroxylation sites is 1. The molecule has 1 aromatic carbocycles. The first-order valence-corrected chi connectivity index (χ1v) is 9.19.